The van der Waals surface area contributed by atoms with Crippen molar-refractivity contribution in [1.82, 2.24) is 5.43 Å². The zero-order valence-corrected chi connectivity index (χ0v) is 12.4. The van der Waals surface area contributed by atoms with Crippen LogP contribution in [0.5, 0.6) is 0 Å². The third-order valence-electron chi connectivity index (χ3n) is 2.61. The molecule has 1 aromatic heterocycles. The highest BCUT2D eigenvalue weighted by molar-refractivity contribution is 9.10. The molecule has 17 heavy (non-hydrogen) atoms. The average Bonchev–Trinajstić information content (AvgIpc) is 2.71. The van der Waals surface area contributed by atoms with E-state index in [0.29, 0.717) is 5.02 Å². The summed E-state index contributed by atoms with van der Waals surface area (Å²) in [6, 6.07) is 7.95. The first kappa shape index (κ1) is 13.1. The minimum absolute atomic E-state index is 0.0133. The topological polar surface area (TPSA) is 38.0 Å². The van der Waals surface area contributed by atoms with E-state index in [-0.39, 0.29) is 6.04 Å². The number of nitrogens with two attached hydrogens (primary N) is 1. The van der Waals surface area contributed by atoms with Crippen LogP contribution >= 0.6 is 38.9 Å². The van der Waals surface area contributed by atoms with Crippen molar-refractivity contribution in [2.24, 2.45) is 5.84 Å². The summed E-state index contributed by atoms with van der Waals surface area (Å²) in [7, 11) is 0. The van der Waals surface area contributed by atoms with Crippen LogP contribution in [0, 0.1) is 6.92 Å². The number of hydrogen-bond acceptors (Lipinski definition) is 3. The van der Waals surface area contributed by atoms with Gasteiger partial charge in [-0.2, -0.15) is 0 Å². The Morgan fingerprint density at radius 1 is 1.41 bits per heavy atom. The van der Waals surface area contributed by atoms with Crippen LogP contribution in [-0.4, -0.2) is 0 Å². The molecule has 0 spiro atoms. The number of rotatable bonds is 3. The SMILES string of the molecule is Cc1ccsc1C(NN)c1ccc(Br)c(Cl)c1. The number of nitrogens with one attached hydrogen (secondary N) is 1. The fourth-order valence-electron chi connectivity index (χ4n) is 1.70. The van der Waals surface area contributed by atoms with E-state index in [1.54, 1.807) is 11.3 Å². The number of hydrogen-bond donors (Lipinski definition) is 2. The summed E-state index contributed by atoms with van der Waals surface area (Å²) in [5.74, 6) is 5.65. The van der Waals surface area contributed by atoms with Gasteiger partial charge in [0.2, 0.25) is 0 Å². The molecule has 3 N–H and O–H groups in total. The zero-order chi connectivity index (χ0) is 12.4. The van der Waals surface area contributed by atoms with Gasteiger partial charge in [-0.25, -0.2) is 5.43 Å². The summed E-state index contributed by atoms with van der Waals surface area (Å²) in [6.45, 7) is 2.08. The van der Waals surface area contributed by atoms with Crippen molar-refractivity contribution in [1.29, 1.82) is 0 Å². The van der Waals surface area contributed by atoms with E-state index in [0.717, 1.165) is 10.0 Å². The molecule has 5 heteroatoms. The third kappa shape index (κ3) is 2.72. The van der Waals surface area contributed by atoms with Gasteiger partial charge in [0.25, 0.3) is 0 Å². The molecule has 0 bridgehead atoms. The van der Waals surface area contributed by atoms with Crippen molar-refractivity contribution < 1.29 is 0 Å². The van der Waals surface area contributed by atoms with Gasteiger partial charge in [0.15, 0.2) is 0 Å². The zero-order valence-electron chi connectivity index (χ0n) is 9.21. The number of thiophene rings is 1. The molecule has 2 nitrogen and oxygen atoms in total. The molecule has 1 unspecified atom stereocenters. The lowest BCUT2D eigenvalue weighted by molar-refractivity contribution is 0.644. The van der Waals surface area contributed by atoms with Gasteiger partial charge in [-0.15, -0.1) is 11.3 Å². The second-order valence-corrected chi connectivity index (χ2v) is 5.95. The molecule has 2 aromatic rings. The molecule has 0 aliphatic rings. The second kappa shape index (κ2) is 5.50. The molecule has 1 aromatic carbocycles. The summed E-state index contributed by atoms with van der Waals surface area (Å²) in [6.07, 6.45) is 0. The van der Waals surface area contributed by atoms with E-state index < -0.39 is 0 Å². The monoisotopic (exact) mass is 330 g/mol. The van der Waals surface area contributed by atoms with E-state index in [2.05, 4.69) is 39.7 Å². The van der Waals surface area contributed by atoms with Crippen molar-refractivity contribution in [2.45, 2.75) is 13.0 Å². The van der Waals surface area contributed by atoms with Crippen molar-refractivity contribution in [3.05, 3.63) is 55.1 Å². The quantitative estimate of drug-likeness (QED) is 0.658. The van der Waals surface area contributed by atoms with Gasteiger partial charge in [0.1, 0.15) is 0 Å². The van der Waals surface area contributed by atoms with E-state index >= 15 is 0 Å². The average molecular weight is 332 g/mol. The van der Waals surface area contributed by atoms with Crippen LogP contribution in [0.1, 0.15) is 22.0 Å². The lowest BCUT2D eigenvalue weighted by atomic mass is 10.0. The largest absolute Gasteiger partial charge is 0.271 e. The minimum atomic E-state index is -0.0133. The Kier molecular flexibility index (Phi) is 4.22. The van der Waals surface area contributed by atoms with E-state index in [9.17, 15) is 0 Å². The fourth-order valence-corrected chi connectivity index (χ4v) is 3.14. The number of aryl methyl sites for hydroxylation is 1. The predicted molar refractivity (Wildman–Crippen MR) is 77.4 cm³/mol. The molecule has 0 aliphatic carbocycles. The highest BCUT2D eigenvalue weighted by atomic mass is 79.9. The molecular weight excluding hydrogens is 320 g/mol. The highest BCUT2D eigenvalue weighted by Gasteiger charge is 2.16. The molecule has 1 atom stereocenters. The highest BCUT2D eigenvalue weighted by Crippen LogP contribution is 2.32. The maximum absolute atomic E-state index is 6.10. The molecule has 0 aliphatic heterocycles. The first-order valence-corrected chi connectivity index (χ1v) is 7.13. The molecule has 0 radical (unpaired) electrons. The van der Waals surface area contributed by atoms with Crippen LogP contribution in [0.15, 0.2) is 34.1 Å². The Hall–Kier alpha value is -0.390. The summed E-state index contributed by atoms with van der Waals surface area (Å²) in [5.41, 5.74) is 5.14. The third-order valence-corrected chi connectivity index (χ3v) is 4.92. The van der Waals surface area contributed by atoms with Crippen LogP contribution in [0.2, 0.25) is 5.02 Å². The molecule has 0 saturated carbocycles. The summed E-state index contributed by atoms with van der Waals surface area (Å²) >= 11 is 11.2. The summed E-state index contributed by atoms with van der Waals surface area (Å²) in [5, 5.41) is 2.76. The van der Waals surface area contributed by atoms with Crippen molar-refractivity contribution >= 4 is 38.9 Å². The maximum atomic E-state index is 6.10. The number of halogens is 2. The Bertz CT molecular complexity index is 527. The molecule has 90 valence electrons. The lowest BCUT2D eigenvalue weighted by Gasteiger charge is -2.16. The van der Waals surface area contributed by atoms with Gasteiger partial charge in [0, 0.05) is 9.35 Å². The lowest BCUT2D eigenvalue weighted by Crippen LogP contribution is -2.28. The van der Waals surface area contributed by atoms with Crippen LogP contribution in [-0.2, 0) is 0 Å². The normalized spacial score (nSPS) is 12.7. The van der Waals surface area contributed by atoms with Crippen LogP contribution in [0.3, 0.4) is 0 Å². The Balaban J connectivity index is 2.42. The molecular formula is C12H12BrClN2S. The Labute approximate surface area is 118 Å². The van der Waals surface area contributed by atoms with Crippen LogP contribution < -0.4 is 11.3 Å². The predicted octanol–water partition coefficient (Wildman–Crippen LogP) is 4.03. The minimum Gasteiger partial charge on any atom is -0.271 e. The fraction of sp³-hybridized carbons (Fsp3) is 0.167. The standard InChI is InChI=1S/C12H12BrClN2S/c1-7-4-5-17-12(7)11(16-15)8-2-3-9(13)10(14)6-8/h2-6,11,16H,15H2,1H3. The smallest absolute Gasteiger partial charge is 0.0805 e. The van der Waals surface area contributed by atoms with Gasteiger partial charge in [-0.05, 0) is 57.6 Å². The maximum Gasteiger partial charge on any atom is 0.0805 e. The molecule has 0 amide bonds. The Morgan fingerprint density at radius 2 is 2.18 bits per heavy atom. The van der Waals surface area contributed by atoms with E-state index in [1.165, 1.54) is 10.4 Å². The summed E-state index contributed by atoms with van der Waals surface area (Å²) in [4.78, 5) is 1.21. The number of hydrazine groups is 1. The van der Waals surface area contributed by atoms with Gasteiger partial charge in [-0.3, -0.25) is 5.84 Å². The van der Waals surface area contributed by atoms with E-state index in [1.807, 2.05) is 18.2 Å². The van der Waals surface area contributed by atoms with E-state index in [4.69, 9.17) is 17.4 Å². The summed E-state index contributed by atoms with van der Waals surface area (Å²) < 4.78 is 0.890. The first-order valence-electron chi connectivity index (χ1n) is 5.08. The molecule has 2 rings (SSSR count). The van der Waals surface area contributed by atoms with Gasteiger partial charge < -0.3 is 0 Å². The van der Waals surface area contributed by atoms with Gasteiger partial charge >= 0.3 is 0 Å². The molecule has 0 saturated heterocycles. The first-order chi connectivity index (χ1) is 8.13. The van der Waals surface area contributed by atoms with Crippen molar-refractivity contribution in [3.63, 3.8) is 0 Å². The Morgan fingerprint density at radius 3 is 2.71 bits per heavy atom. The van der Waals surface area contributed by atoms with Crippen LogP contribution in [0.25, 0.3) is 0 Å². The van der Waals surface area contributed by atoms with Crippen molar-refractivity contribution in [3.8, 4) is 0 Å². The van der Waals surface area contributed by atoms with Gasteiger partial charge in [0.05, 0.1) is 11.1 Å². The second-order valence-electron chi connectivity index (χ2n) is 3.74. The number of benzene rings is 1. The molecule has 1 heterocycles. The van der Waals surface area contributed by atoms with Crippen LogP contribution in [0.4, 0.5) is 0 Å². The molecule has 0 fully saturated rings. The van der Waals surface area contributed by atoms with Gasteiger partial charge in [-0.1, -0.05) is 17.7 Å². The van der Waals surface area contributed by atoms with Crippen molar-refractivity contribution in [2.75, 3.05) is 0 Å².